The van der Waals surface area contributed by atoms with Crippen LogP contribution in [0.2, 0.25) is 0 Å². The fourth-order valence-electron chi connectivity index (χ4n) is 2.45. The average Bonchev–Trinajstić information content (AvgIpc) is 2.96. The number of carbonyl (C=O) groups is 3. The average molecular weight is 370 g/mol. The summed E-state index contributed by atoms with van der Waals surface area (Å²) in [5.41, 5.74) is 1.66. The first-order valence-electron chi connectivity index (χ1n) is 7.83. The van der Waals surface area contributed by atoms with Crippen LogP contribution < -0.4 is 15.7 Å². The molecule has 0 saturated heterocycles. The zero-order valence-electron chi connectivity index (χ0n) is 14.1. The maximum Gasteiger partial charge on any atom is 2.00 e. The first-order valence-corrected chi connectivity index (χ1v) is 7.83. The molecule has 0 aliphatic heterocycles. The second kappa shape index (κ2) is 10.4. The molecule has 2 amide bonds. The third-order valence-corrected chi connectivity index (χ3v) is 3.64. The molecular weight excluding hydrogens is 350 g/mol. The third kappa shape index (κ3) is 6.34. The minimum atomic E-state index is -1.37. The monoisotopic (exact) mass is 370 g/mol. The predicted molar refractivity (Wildman–Crippen MR) is 92.6 cm³/mol. The van der Waals surface area contributed by atoms with Crippen LogP contribution in [0.5, 0.6) is 0 Å². The van der Waals surface area contributed by atoms with Gasteiger partial charge in [-0.15, -0.1) is 0 Å². The molecule has 0 aliphatic carbocycles. The summed E-state index contributed by atoms with van der Waals surface area (Å²) in [7, 11) is 0. The molecule has 0 saturated carbocycles. The Morgan fingerprint density at radius 1 is 1.20 bits per heavy atom. The van der Waals surface area contributed by atoms with E-state index in [1.54, 1.807) is 6.20 Å². The number of aromatic amines is 1. The van der Waals surface area contributed by atoms with E-state index in [0.29, 0.717) is 12.8 Å². The van der Waals surface area contributed by atoms with Crippen LogP contribution in [0, 0.1) is 0 Å². The smallest absolute Gasteiger partial charge is 0.548 e. The van der Waals surface area contributed by atoms with Gasteiger partial charge in [0.2, 0.25) is 11.8 Å². The summed E-state index contributed by atoms with van der Waals surface area (Å²) < 4.78 is 0. The van der Waals surface area contributed by atoms with Gasteiger partial charge in [-0.1, -0.05) is 25.1 Å². The fraction of sp³-hybridized carbons (Fsp3) is 0.353. The van der Waals surface area contributed by atoms with Gasteiger partial charge in [0, 0.05) is 29.9 Å². The van der Waals surface area contributed by atoms with Gasteiger partial charge in [-0.3, -0.25) is 9.59 Å². The topological polar surface area (TPSA) is 114 Å². The van der Waals surface area contributed by atoms with Gasteiger partial charge in [0.15, 0.2) is 0 Å². The van der Waals surface area contributed by atoms with E-state index < -0.39 is 17.9 Å². The van der Waals surface area contributed by atoms with Gasteiger partial charge < -0.3 is 25.5 Å². The van der Waals surface area contributed by atoms with Gasteiger partial charge in [-0.05, 0) is 18.1 Å². The Bertz CT molecular complexity index is 744. The van der Waals surface area contributed by atoms with E-state index in [4.69, 9.17) is 0 Å². The van der Waals surface area contributed by atoms with Crippen molar-refractivity contribution in [2.45, 2.75) is 32.2 Å². The molecule has 1 aromatic carbocycles. The molecule has 3 N–H and O–H groups in total. The number of carboxylic acid groups (broad SMARTS) is 1. The molecule has 2 rings (SSSR count). The van der Waals surface area contributed by atoms with Crippen LogP contribution in [0.3, 0.4) is 0 Å². The van der Waals surface area contributed by atoms with Gasteiger partial charge >= 0.3 is 37.7 Å². The molecule has 0 radical (unpaired) electrons. The summed E-state index contributed by atoms with van der Waals surface area (Å²) in [5.74, 6) is -2.17. The Morgan fingerprint density at radius 3 is 2.60 bits per heavy atom. The van der Waals surface area contributed by atoms with Gasteiger partial charge in [0.05, 0.1) is 18.6 Å². The van der Waals surface area contributed by atoms with Crippen LogP contribution in [-0.4, -0.2) is 73.1 Å². The van der Waals surface area contributed by atoms with Crippen molar-refractivity contribution in [1.82, 2.24) is 15.6 Å². The fourth-order valence-corrected chi connectivity index (χ4v) is 2.45. The first kappa shape index (κ1) is 21.5. The summed E-state index contributed by atoms with van der Waals surface area (Å²) in [5, 5.41) is 17.0. The molecule has 1 atom stereocenters. The largest absolute Gasteiger partial charge is 2.00 e. The van der Waals surface area contributed by atoms with E-state index in [2.05, 4.69) is 15.6 Å². The molecule has 7 nitrogen and oxygen atoms in total. The molecule has 0 bridgehead atoms. The molecule has 0 unspecified atom stereocenters. The molecule has 8 heteroatoms. The summed E-state index contributed by atoms with van der Waals surface area (Å²) in [6, 6.07) is 6.32. The minimum Gasteiger partial charge on any atom is -0.548 e. The molecule has 0 spiro atoms. The maximum absolute atomic E-state index is 11.8. The van der Waals surface area contributed by atoms with Crippen LogP contribution in [0.1, 0.15) is 25.3 Å². The summed E-state index contributed by atoms with van der Waals surface area (Å²) in [4.78, 5) is 37.6. The van der Waals surface area contributed by atoms with E-state index in [1.165, 1.54) is 0 Å². The Balaban J connectivity index is 0.00000312. The number of fused-ring (bicyclic) bond motifs is 1. The Morgan fingerprint density at radius 2 is 1.92 bits per heavy atom. The Hall–Kier alpha value is -1.57. The normalized spacial score (nSPS) is 11.4. The van der Waals surface area contributed by atoms with Crippen molar-refractivity contribution in [3.63, 3.8) is 0 Å². The maximum atomic E-state index is 11.8. The number of amides is 2. The van der Waals surface area contributed by atoms with Crippen molar-refractivity contribution in [3.8, 4) is 0 Å². The number of H-pyrrole nitrogens is 1. The molecule has 128 valence electrons. The number of hydrogen-bond donors (Lipinski definition) is 3. The number of hydrogen-bond acceptors (Lipinski definition) is 4. The second-order valence-electron chi connectivity index (χ2n) is 5.53. The third-order valence-electron chi connectivity index (χ3n) is 3.64. The van der Waals surface area contributed by atoms with Crippen LogP contribution >= 0.6 is 0 Å². The summed E-state index contributed by atoms with van der Waals surface area (Å²) in [6.07, 6.45) is 2.82. The number of carboxylic acids is 1. The van der Waals surface area contributed by atoms with Crippen molar-refractivity contribution in [1.29, 1.82) is 0 Å². The van der Waals surface area contributed by atoms with E-state index in [1.807, 2.05) is 31.2 Å². The van der Waals surface area contributed by atoms with Crippen molar-refractivity contribution in [2.24, 2.45) is 0 Å². The van der Waals surface area contributed by atoms with Crippen LogP contribution in [0.15, 0.2) is 30.5 Å². The van der Waals surface area contributed by atoms with Crippen molar-refractivity contribution in [3.05, 3.63) is 36.0 Å². The van der Waals surface area contributed by atoms with Gasteiger partial charge in [-0.2, -0.15) is 0 Å². The molecule has 1 heterocycles. The quantitative estimate of drug-likeness (QED) is 0.543. The number of benzene rings is 1. The van der Waals surface area contributed by atoms with Crippen molar-refractivity contribution >= 4 is 66.4 Å². The molecule has 2 aromatic rings. The van der Waals surface area contributed by atoms with Crippen molar-refractivity contribution in [2.75, 3.05) is 6.54 Å². The molecular formula is C17H20CaN3O4+. The minimum absolute atomic E-state index is 0. The number of nitrogens with one attached hydrogen (secondary N) is 3. The number of aromatic nitrogens is 1. The van der Waals surface area contributed by atoms with Crippen LogP contribution in [-0.2, 0) is 20.8 Å². The molecule has 25 heavy (non-hydrogen) atoms. The summed E-state index contributed by atoms with van der Waals surface area (Å²) in [6.45, 7) is 1.60. The van der Waals surface area contributed by atoms with Crippen LogP contribution in [0.25, 0.3) is 10.9 Å². The number of carbonyl (C=O) groups excluding carboxylic acids is 3. The Kier molecular flexibility index (Phi) is 8.96. The Labute approximate surface area is 175 Å². The molecule has 0 aliphatic rings. The van der Waals surface area contributed by atoms with E-state index >= 15 is 0 Å². The zero-order valence-corrected chi connectivity index (χ0v) is 16.3. The predicted octanol–water partition coefficient (Wildman–Crippen LogP) is -0.519. The van der Waals surface area contributed by atoms with Crippen LogP contribution in [0.4, 0.5) is 0 Å². The van der Waals surface area contributed by atoms with Gasteiger partial charge in [-0.25, -0.2) is 0 Å². The van der Waals surface area contributed by atoms with Crippen molar-refractivity contribution < 1.29 is 19.5 Å². The zero-order chi connectivity index (χ0) is 17.5. The van der Waals surface area contributed by atoms with E-state index in [-0.39, 0.29) is 56.6 Å². The molecule has 0 fully saturated rings. The van der Waals surface area contributed by atoms with Gasteiger partial charge in [0.1, 0.15) is 0 Å². The number of aliphatic carboxylic acids is 1. The second-order valence-corrected chi connectivity index (χ2v) is 5.53. The SMILES string of the molecule is CCCC(=O)NCC(=O)N[C@@H](Cc1c[nH]c2ccccc12)C(=O)[O-].[Ca+2]. The first-order chi connectivity index (χ1) is 11.5. The van der Waals surface area contributed by atoms with E-state index in [0.717, 1.165) is 16.5 Å². The summed E-state index contributed by atoms with van der Waals surface area (Å²) >= 11 is 0. The van der Waals surface area contributed by atoms with E-state index in [9.17, 15) is 19.5 Å². The number of rotatable bonds is 8. The molecule has 1 aromatic heterocycles. The van der Waals surface area contributed by atoms with Gasteiger partial charge in [0.25, 0.3) is 0 Å². The standard InChI is InChI=1S/C17H21N3O4.Ca/c1-2-5-15(21)19-10-16(22)20-14(17(23)24)8-11-9-18-13-7-4-3-6-12(11)13;/h3-4,6-7,9,14,18H,2,5,8,10H2,1H3,(H,19,21)(H,20,22)(H,23,24);/q;+2/p-1/t14-;/m0./s1. The number of para-hydroxylation sites is 1.